The van der Waals surface area contributed by atoms with Gasteiger partial charge in [-0.2, -0.15) is 5.10 Å². The first-order chi connectivity index (χ1) is 19.4. The van der Waals surface area contributed by atoms with Crippen molar-refractivity contribution in [3.63, 3.8) is 0 Å². The Morgan fingerprint density at radius 3 is 2.45 bits per heavy atom. The van der Waals surface area contributed by atoms with E-state index in [-0.39, 0.29) is 5.75 Å². The first-order valence-corrected chi connectivity index (χ1v) is 13.9. The number of carbonyl (C=O) groups excluding carboxylic acids is 2. The number of nitrogens with zero attached hydrogens (tertiary/aromatic N) is 1. The Morgan fingerprint density at radius 1 is 0.975 bits per heavy atom. The maximum Gasteiger partial charge on any atom is 0.343 e. The van der Waals surface area contributed by atoms with Crippen molar-refractivity contribution in [3.05, 3.63) is 116 Å². The Kier molecular flexibility index (Phi) is 8.35. The highest BCUT2D eigenvalue weighted by Gasteiger charge is 2.20. The number of para-hydroxylation sites is 1. The fourth-order valence-corrected chi connectivity index (χ4v) is 5.70. The van der Waals surface area contributed by atoms with Crippen molar-refractivity contribution in [1.82, 2.24) is 10.4 Å². The Labute approximate surface area is 251 Å². The fraction of sp³-hybridized carbons (Fsp3) is 0.0333. The first kappa shape index (κ1) is 27.6. The van der Waals surface area contributed by atoms with Crippen LogP contribution >= 0.6 is 43.5 Å². The van der Waals surface area contributed by atoms with Gasteiger partial charge in [-0.25, -0.2) is 10.2 Å². The lowest BCUT2D eigenvalue weighted by Gasteiger charge is -2.11. The molecule has 200 valence electrons. The number of H-pyrrole nitrogens is 1. The number of rotatable bonds is 7. The lowest BCUT2D eigenvalue weighted by Crippen LogP contribution is -2.19. The number of aromatic amines is 1. The average Bonchev–Trinajstić information content (AvgIpc) is 3.36. The molecule has 0 saturated carbocycles. The Bertz CT molecular complexity index is 1750. The molecule has 0 aliphatic rings. The second kappa shape index (κ2) is 12.1. The predicted molar refractivity (Wildman–Crippen MR) is 164 cm³/mol. The molecule has 40 heavy (non-hydrogen) atoms. The average molecular weight is 682 g/mol. The van der Waals surface area contributed by atoms with Crippen molar-refractivity contribution >= 4 is 72.5 Å². The quantitative estimate of drug-likeness (QED) is 0.0788. The molecular formula is C30H20Br2ClN3O4. The molecule has 1 aromatic heterocycles. The number of hydrogen-bond donors (Lipinski definition) is 2. The van der Waals surface area contributed by atoms with Crippen molar-refractivity contribution in [3.8, 4) is 22.6 Å². The monoisotopic (exact) mass is 679 g/mol. The van der Waals surface area contributed by atoms with Crippen LogP contribution in [0.25, 0.3) is 22.0 Å². The van der Waals surface area contributed by atoms with Crippen LogP contribution in [0.3, 0.4) is 0 Å². The summed E-state index contributed by atoms with van der Waals surface area (Å²) in [5, 5.41) is 5.48. The summed E-state index contributed by atoms with van der Waals surface area (Å²) in [5.74, 6) is -0.165. The van der Waals surface area contributed by atoms with Gasteiger partial charge in [0.05, 0.1) is 33.9 Å². The van der Waals surface area contributed by atoms with Gasteiger partial charge in [0.15, 0.2) is 5.75 Å². The van der Waals surface area contributed by atoms with Gasteiger partial charge < -0.3 is 14.5 Å². The van der Waals surface area contributed by atoms with Crippen molar-refractivity contribution in [1.29, 1.82) is 0 Å². The summed E-state index contributed by atoms with van der Waals surface area (Å²) in [7, 11) is 1.55. The van der Waals surface area contributed by atoms with Crippen LogP contribution in [-0.4, -0.2) is 30.2 Å². The molecule has 5 aromatic rings. The zero-order valence-corrected chi connectivity index (χ0v) is 24.8. The summed E-state index contributed by atoms with van der Waals surface area (Å²) in [4.78, 5) is 29.3. The third kappa shape index (κ3) is 5.82. The molecule has 1 heterocycles. The van der Waals surface area contributed by atoms with E-state index in [2.05, 4.69) is 47.4 Å². The summed E-state index contributed by atoms with van der Waals surface area (Å²) in [5.41, 5.74) is 5.90. The van der Waals surface area contributed by atoms with Gasteiger partial charge in [-0.05, 0) is 64.0 Å². The smallest absolute Gasteiger partial charge is 0.343 e. The molecule has 1 amide bonds. The highest BCUT2D eigenvalue weighted by atomic mass is 79.9. The van der Waals surface area contributed by atoms with E-state index in [1.54, 1.807) is 49.6 Å². The number of methoxy groups -OCH3 is 1. The maximum atomic E-state index is 13.3. The Morgan fingerprint density at radius 2 is 1.73 bits per heavy atom. The summed E-state index contributed by atoms with van der Waals surface area (Å²) in [6.07, 6.45) is 1.40. The molecule has 7 nitrogen and oxygen atoms in total. The van der Waals surface area contributed by atoms with Gasteiger partial charge in [0.1, 0.15) is 11.4 Å². The largest absolute Gasteiger partial charge is 0.497 e. The predicted octanol–water partition coefficient (Wildman–Crippen LogP) is 8.01. The lowest BCUT2D eigenvalue weighted by atomic mass is 10.0. The van der Waals surface area contributed by atoms with E-state index >= 15 is 0 Å². The topological polar surface area (TPSA) is 92.8 Å². The van der Waals surface area contributed by atoms with Crippen LogP contribution in [0.15, 0.2) is 99.0 Å². The van der Waals surface area contributed by atoms with Gasteiger partial charge >= 0.3 is 5.97 Å². The minimum Gasteiger partial charge on any atom is -0.497 e. The van der Waals surface area contributed by atoms with Crippen LogP contribution in [0.2, 0.25) is 5.02 Å². The molecule has 0 bridgehead atoms. The molecule has 2 N–H and O–H groups in total. The molecule has 0 spiro atoms. The Hall–Kier alpha value is -3.92. The third-order valence-corrected chi connectivity index (χ3v) is 7.36. The van der Waals surface area contributed by atoms with Gasteiger partial charge in [0, 0.05) is 21.0 Å². The van der Waals surface area contributed by atoms with E-state index in [9.17, 15) is 9.59 Å². The van der Waals surface area contributed by atoms with Gasteiger partial charge in [-0.15, -0.1) is 0 Å². The zero-order chi connectivity index (χ0) is 28.2. The second-order valence-corrected chi connectivity index (χ2v) is 10.7. The molecule has 0 unspecified atom stereocenters. The number of esters is 1. The van der Waals surface area contributed by atoms with Crippen LogP contribution in [0.4, 0.5) is 0 Å². The van der Waals surface area contributed by atoms with E-state index < -0.39 is 11.9 Å². The maximum absolute atomic E-state index is 13.3. The molecule has 0 fully saturated rings. The summed E-state index contributed by atoms with van der Waals surface area (Å²) in [6, 6.07) is 25.1. The summed E-state index contributed by atoms with van der Waals surface area (Å²) in [6.45, 7) is 0. The number of ether oxygens (including phenoxy) is 2. The van der Waals surface area contributed by atoms with E-state index in [0.717, 1.165) is 10.9 Å². The number of carbonyl (C=O) groups is 2. The number of fused-ring (bicyclic) bond motifs is 1. The standard InChI is InChI=1S/C30H20Br2ClN3O4/c1-39-21-12-10-18(11-13-21)30(38)40-28-19(14-20(31)15-23(28)32)16-34-36-29(37)27-25(17-6-3-2-4-7-17)22-8-5-9-24(33)26(22)35-27/h2-16,35H,1H3,(H,36,37). The van der Waals surface area contributed by atoms with Gasteiger partial charge in [-0.1, -0.05) is 70.0 Å². The summed E-state index contributed by atoms with van der Waals surface area (Å²) >= 11 is 13.3. The SMILES string of the molecule is COc1ccc(C(=O)Oc2c(Br)cc(Br)cc2C=NNC(=O)c2[nH]c3c(Cl)cccc3c2-c2ccccc2)cc1. The number of hydrogen-bond acceptors (Lipinski definition) is 5. The number of hydrazone groups is 1. The molecule has 0 radical (unpaired) electrons. The Balaban J connectivity index is 1.43. The summed E-state index contributed by atoms with van der Waals surface area (Å²) < 4.78 is 12.1. The minimum atomic E-state index is -0.563. The fourth-order valence-electron chi connectivity index (χ4n) is 4.14. The third-order valence-electron chi connectivity index (χ3n) is 6.00. The van der Waals surface area contributed by atoms with Crippen LogP contribution in [-0.2, 0) is 0 Å². The molecule has 10 heteroatoms. The van der Waals surface area contributed by atoms with Crippen LogP contribution in [0, 0.1) is 0 Å². The highest BCUT2D eigenvalue weighted by molar-refractivity contribution is 9.11. The van der Waals surface area contributed by atoms with Crippen molar-refractivity contribution in [2.24, 2.45) is 5.10 Å². The van der Waals surface area contributed by atoms with Gasteiger partial charge in [0.2, 0.25) is 0 Å². The molecule has 0 aliphatic heterocycles. The van der Waals surface area contributed by atoms with Crippen molar-refractivity contribution in [2.45, 2.75) is 0 Å². The van der Waals surface area contributed by atoms with Crippen LogP contribution in [0.5, 0.6) is 11.5 Å². The highest BCUT2D eigenvalue weighted by Crippen LogP contribution is 2.36. The van der Waals surface area contributed by atoms with Crippen molar-refractivity contribution in [2.75, 3.05) is 7.11 Å². The van der Waals surface area contributed by atoms with E-state index in [1.807, 2.05) is 42.5 Å². The van der Waals surface area contributed by atoms with E-state index in [0.29, 0.717) is 47.6 Å². The number of halogens is 3. The number of amides is 1. The number of benzene rings is 4. The first-order valence-electron chi connectivity index (χ1n) is 11.9. The molecule has 0 aliphatic carbocycles. The molecule has 0 saturated heterocycles. The molecule has 5 rings (SSSR count). The van der Waals surface area contributed by atoms with E-state index in [1.165, 1.54) is 6.21 Å². The molecular weight excluding hydrogens is 662 g/mol. The number of nitrogens with one attached hydrogen (secondary N) is 2. The molecule has 4 aromatic carbocycles. The van der Waals surface area contributed by atoms with Crippen LogP contribution < -0.4 is 14.9 Å². The van der Waals surface area contributed by atoms with Gasteiger partial charge in [0.25, 0.3) is 5.91 Å². The minimum absolute atomic E-state index is 0.240. The van der Waals surface area contributed by atoms with Gasteiger partial charge in [-0.3, -0.25) is 4.79 Å². The second-order valence-electron chi connectivity index (χ2n) is 8.53. The normalized spacial score (nSPS) is 11.1. The lowest BCUT2D eigenvalue weighted by molar-refractivity contribution is 0.0732. The zero-order valence-electron chi connectivity index (χ0n) is 20.9. The molecule has 0 atom stereocenters. The van der Waals surface area contributed by atoms with Crippen LogP contribution in [0.1, 0.15) is 26.4 Å². The van der Waals surface area contributed by atoms with E-state index in [4.69, 9.17) is 21.1 Å². The van der Waals surface area contributed by atoms with Crippen molar-refractivity contribution < 1.29 is 19.1 Å². The number of aromatic nitrogens is 1.